The molecule has 5 heteroatoms. The second-order valence-electron chi connectivity index (χ2n) is 4.31. The first kappa shape index (κ1) is 12.6. The van der Waals surface area contributed by atoms with Gasteiger partial charge in [0, 0.05) is 38.1 Å². The number of nitrogens with zero attached hydrogens (tertiary/aromatic N) is 2. The van der Waals surface area contributed by atoms with Crippen LogP contribution in [0, 0.1) is 5.41 Å². The van der Waals surface area contributed by atoms with Crippen LogP contribution in [-0.4, -0.2) is 54.4 Å². The zero-order chi connectivity index (χ0) is 13.0. The van der Waals surface area contributed by atoms with Crippen LogP contribution in [-0.2, 0) is 4.79 Å². The number of carbonyl (C=O) groups is 1. The van der Waals surface area contributed by atoms with Crippen LogP contribution >= 0.6 is 0 Å². The standard InChI is InChI=1S/C13H17N3O2/c14-10-12(13(17)18)16-8-6-15(7-9-16)11-4-2-1-3-5-11/h1-5,10,12,14H,6-9H2,(H,17,18). The van der Waals surface area contributed by atoms with Crippen molar-refractivity contribution in [3.8, 4) is 0 Å². The van der Waals surface area contributed by atoms with E-state index in [-0.39, 0.29) is 0 Å². The lowest BCUT2D eigenvalue weighted by Crippen LogP contribution is -2.53. The molecule has 0 radical (unpaired) electrons. The van der Waals surface area contributed by atoms with Gasteiger partial charge in [0.2, 0.25) is 0 Å². The van der Waals surface area contributed by atoms with E-state index in [1.54, 1.807) is 0 Å². The first-order valence-corrected chi connectivity index (χ1v) is 6.00. The van der Waals surface area contributed by atoms with Gasteiger partial charge in [-0.05, 0) is 12.1 Å². The van der Waals surface area contributed by atoms with E-state index in [1.165, 1.54) is 5.69 Å². The molecular weight excluding hydrogens is 230 g/mol. The van der Waals surface area contributed by atoms with Crippen LogP contribution in [0.15, 0.2) is 30.3 Å². The fraction of sp³-hybridized carbons (Fsp3) is 0.385. The second kappa shape index (κ2) is 5.64. The normalized spacial score (nSPS) is 18.3. The van der Waals surface area contributed by atoms with Crippen molar-refractivity contribution in [2.24, 2.45) is 0 Å². The van der Waals surface area contributed by atoms with Gasteiger partial charge in [-0.2, -0.15) is 0 Å². The largest absolute Gasteiger partial charge is 0.480 e. The van der Waals surface area contributed by atoms with Gasteiger partial charge in [0.25, 0.3) is 0 Å². The fourth-order valence-corrected chi connectivity index (χ4v) is 2.23. The molecule has 1 unspecified atom stereocenters. The van der Waals surface area contributed by atoms with E-state index in [0.29, 0.717) is 13.1 Å². The highest BCUT2D eigenvalue weighted by atomic mass is 16.4. The summed E-state index contributed by atoms with van der Waals surface area (Å²) in [6, 6.07) is 9.30. The molecule has 0 aromatic heterocycles. The van der Waals surface area contributed by atoms with Crippen molar-refractivity contribution in [1.29, 1.82) is 5.41 Å². The van der Waals surface area contributed by atoms with E-state index in [1.807, 2.05) is 23.1 Å². The minimum Gasteiger partial charge on any atom is -0.480 e. The van der Waals surface area contributed by atoms with Gasteiger partial charge in [-0.25, -0.2) is 0 Å². The maximum atomic E-state index is 11.0. The Morgan fingerprint density at radius 2 is 1.83 bits per heavy atom. The van der Waals surface area contributed by atoms with Gasteiger partial charge in [0.1, 0.15) is 6.04 Å². The molecule has 1 saturated heterocycles. The molecule has 1 aliphatic rings. The van der Waals surface area contributed by atoms with Crippen molar-refractivity contribution in [1.82, 2.24) is 4.90 Å². The van der Waals surface area contributed by atoms with Gasteiger partial charge in [-0.3, -0.25) is 9.69 Å². The van der Waals surface area contributed by atoms with Crippen LogP contribution in [0.2, 0.25) is 0 Å². The van der Waals surface area contributed by atoms with Crippen molar-refractivity contribution in [3.05, 3.63) is 30.3 Å². The first-order chi connectivity index (χ1) is 8.72. The van der Waals surface area contributed by atoms with Crippen LogP contribution in [0.25, 0.3) is 0 Å². The molecule has 1 fully saturated rings. The van der Waals surface area contributed by atoms with Crippen molar-refractivity contribution >= 4 is 17.9 Å². The molecule has 0 saturated carbocycles. The summed E-state index contributed by atoms with van der Waals surface area (Å²) < 4.78 is 0. The van der Waals surface area contributed by atoms with Crippen LogP contribution < -0.4 is 4.90 Å². The summed E-state index contributed by atoms with van der Waals surface area (Å²) in [5.74, 6) is -0.946. The minimum atomic E-state index is -0.946. The predicted molar refractivity (Wildman–Crippen MR) is 70.4 cm³/mol. The molecule has 18 heavy (non-hydrogen) atoms. The monoisotopic (exact) mass is 247 g/mol. The van der Waals surface area contributed by atoms with Crippen LogP contribution in [0.1, 0.15) is 0 Å². The number of hydrogen-bond acceptors (Lipinski definition) is 4. The number of piperazine rings is 1. The lowest BCUT2D eigenvalue weighted by atomic mass is 10.2. The van der Waals surface area contributed by atoms with Gasteiger partial charge in [-0.15, -0.1) is 0 Å². The molecule has 5 nitrogen and oxygen atoms in total. The molecule has 1 aliphatic heterocycles. The fourth-order valence-electron chi connectivity index (χ4n) is 2.23. The Morgan fingerprint density at radius 3 is 2.33 bits per heavy atom. The molecule has 0 spiro atoms. The van der Waals surface area contributed by atoms with Gasteiger partial charge in [0.15, 0.2) is 0 Å². The number of aliphatic carboxylic acids is 1. The smallest absolute Gasteiger partial charge is 0.326 e. The number of carboxylic acid groups (broad SMARTS) is 1. The number of benzene rings is 1. The van der Waals surface area contributed by atoms with Gasteiger partial charge in [0.05, 0.1) is 0 Å². The lowest BCUT2D eigenvalue weighted by molar-refractivity contribution is -0.140. The maximum Gasteiger partial charge on any atom is 0.326 e. The number of nitrogens with one attached hydrogen (secondary N) is 1. The first-order valence-electron chi connectivity index (χ1n) is 6.00. The molecule has 0 bridgehead atoms. The molecule has 1 heterocycles. The van der Waals surface area contributed by atoms with Crippen LogP contribution in [0.5, 0.6) is 0 Å². The average molecular weight is 247 g/mol. The van der Waals surface area contributed by atoms with Crippen molar-refractivity contribution in [2.45, 2.75) is 6.04 Å². The third kappa shape index (κ3) is 2.68. The molecule has 0 aliphatic carbocycles. The second-order valence-corrected chi connectivity index (χ2v) is 4.31. The lowest BCUT2D eigenvalue weighted by Gasteiger charge is -2.37. The van der Waals surface area contributed by atoms with Crippen LogP contribution in [0.3, 0.4) is 0 Å². The summed E-state index contributed by atoms with van der Waals surface area (Å²) >= 11 is 0. The van der Waals surface area contributed by atoms with Gasteiger partial charge >= 0.3 is 5.97 Å². The highest BCUT2D eigenvalue weighted by molar-refractivity contribution is 5.91. The van der Waals surface area contributed by atoms with Crippen molar-refractivity contribution in [3.63, 3.8) is 0 Å². The van der Waals surface area contributed by atoms with E-state index in [2.05, 4.69) is 17.0 Å². The number of para-hydroxylation sites is 1. The number of carboxylic acids is 1. The summed E-state index contributed by atoms with van der Waals surface area (Å²) in [4.78, 5) is 15.0. The number of anilines is 1. The van der Waals surface area contributed by atoms with E-state index in [0.717, 1.165) is 19.3 Å². The number of rotatable bonds is 4. The van der Waals surface area contributed by atoms with E-state index < -0.39 is 12.0 Å². The number of hydrogen-bond donors (Lipinski definition) is 2. The summed E-state index contributed by atoms with van der Waals surface area (Å²) in [6.07, 6.45) is 1.00. The SMILES string of the molecule is N=CC(C(=O)O)N1CCN(c2ccccc2)CC1. The van der Waals surface area contributed by atoms with E-state index >= 15 is 0 Å². The topological polar surface area (TPSA) is 67.6 Å². The van der Waals surface area contributed by atoms with Crippen LogP contribution in [0.4, 0.5) is 5.69 Å². The highest BCUT2D eigenvalue weighted by Crippen LogP contribution is 2.16. The Morgan fingerprint density at radius 1 is 1.22 bits per heavy atom. The average Bonchev–Trinajstić information content (AvgIpc) is 2.41. The molecule has 0 amide bonds. The van der Waals surface area contributed by atoms with E-state index in [9.17, 15) is 4.79 Å². The Balaban J connectivity index is 1.96. The zero-order valence-electron chi connectivity index (χ0n) is 10.1. The Labute approximate surface area is 106 Å². The minimum absolute atomic E-state index is 0.668. The highest BCUT2D eigenvalue weighted by Gasteiger charge is 2.27. The molecule has 1 aromatic carbocycles. The summed E-state index contributed by atoms with van der Waals surface area (Å²) in [5.41, 5.74) is 1.17. The summed E-state index contributed by atoms with van der Waals surface area (Å²) in [5, 5.41) is 16.2. The van der Waals surface area contributed by atoms with Gasteiger partial charge in [-0.1, -0.05) is 18.2 Å². The molecule has 2 rings (SSSR count). The van der Waals surface area contributed by atoms with Gasteiger partial charge < -0.3 is 15.4 Å². The Kier molecular flexibility index (Phi) is 3.94. The molecule has 1 aromatic rings. The molecular formula is C13H17N3O2. The van der Waals surface area contributed by atoms with Crippen molar-refractivity contribution in [2.75, 3.05) is 31.1 Å². The summed E-state index contributed by atoms with van der Waals surface area (Å²) in [6.45, 7) is 2.92. The zero-order valence-corrected chi connectivity index (χ0v) is 10.1. The molecule has 2 N–H and O–H groups in total. The Bertz CT molecular complexity index is 414. The maximum absolute atomic E-state index is 11.0. The molecule has 1 atom stereocenters. The summed E-state index contributed by atoms with van der Waals surface area (Å²) in [7, 11) is 0. The quantitative estimate of drug-likeness (QED) is 0.776. The Hall–Kier alpha value is -1.88. The third-order valence-corrected chi connectivity index (χ3v) is 3.24. The van der Waals surface area contributed by atoms with Crippen molar-refractivity contribution < 1.29 is 9.90 Å². The predicted octanol–water partition coefficient (Wildman–Crippen LogP) is 0.911. The molecule has 96 valence electrons. The third-order valence-electron chi connectivity index (χ3n) is 3.24. The van der Waals surface area contributed by atoms with E-state index in [4.69, 9.17) is 10.5 Å².